The quantitative estimate of drug-likeness (QED) is 0.830. The van der Waals surface area contributed by atoms with Crippen molar-refractivity contribution in [1.82, 2.24) is 15.5 Å². The van der Waals surface area contributed by atoms with E-state index in [0.29, 0.717) is 19.5 Å². The minimum absolute atomic E-state index is 0.00870. The second-order valence-electron chi connectivity index (χ2n) is 4.93. The van der Waals surface area contributed by atoms with Gasteiger partial charge in [0, 0.05) is 20.1 Å². The van der Waals surface area contributed by atoms with Gasteiger partial charge in [-0.25, -0.2) is 0 Å². The molecular weight excluding hydrogens is 254 g/mol. The maximum absolute atomic E-state index is 12.5. The van der Waals surface area contributed by atoms with Crippen LogP contribution in [0.1, 0.15) is 18.1 Å². The summed E-state index contributed by atoms with van der Waals surface area (Å²) in [4.78, 5) is 25.5. The minimum atomic E-state index is -0.241. The summed E-state index contributed by atoms with van der Waals surface area (Å²) in [6.07, 6.45) is 0.680. The molecule has 1 aromatic carbocycles. The number of nitrogens with one attached hydrogen (secondary N) is 2. The van der Waals surface area contributed by atoms with Crippen molar-refractivity contribution >= 4 is 11.8 Å². The summed E-state index contributed by atoms with van der Waals surface area (Å²) in [6, 6.07) is 7.89. The molecule has 0 spiro atoms. The highest BCUT2D eigenvalue weighted by atomic mass is 16.2. The summed E-state index contributed by atoms with van der Waals surface area (Å²) < 4.78 is 0. The van der Waals surface area contributed by atoms with E-state index >= 15 is 0 Å². The second-order valence-corrected chi connectivity index (χ2v) is 4.93. The number of benzene rings is 1. The zero-order chi connectivity index (χ0) is 14.5. The van der Waals surface area contributed by atoms with E-state index in [1.54, 1.807) is 11.9 Å². The topological polar surface area (TPSA) is 61.4 Å². The van der Waals surface area contributed by atoms with Crippen molar-refractivity contribution in [3.63, 3.8) is 0 Å². The molecule has 1 aliphatic rings. The van der Waals surface area contributed by atoms with Crippen LogP contribution in [-0.2, 0) is 22.6 Å². The molecule has 0 saturated heterocycles. The maximum Gasteiger partial charge on any atom is 0.240 e. The van der Waals surface area contributed by atoms with Gasteiger partial charge < -0.3 is 15.5 Å². The summed E-state index contributed by atoms with van der Waals surface area (Å²) in [7, 11) is 1.58. The Hall–Kier alpha value is -1.88. The average molecular weight is 275 g/mol. The molecule has 0 unspecified atom stereocenters. The van der Waals surface area contributed by atoms with Gasteiger partial charge in [0.25, 0.3) is 0 Å². The van der Waals surface area contributed by atoms with Gasteiger partial charge in [-0.15, -0.1) is 0 Å². The van der Waals surface area contributed by atoms with E-state index in [2.05, 4.69) is 22.8 Å². The largest absolute Gasteiger partial charge is 0.358 e. The van der Waals surface area contributed by atoms with Crippen LogP contribution in [0.15, 0.2) is 24.3 Å². The lowest BCUT2D eigenvalue weighted by atomic mass is 9.95. The number of likely N-dealkylation sites (N-methyl/N-ethyl adjacent to an activating group) is 2. The summed E-state index contributed by atoms with van der Waals surface area (Å²) >= 11 is 0. The molecule has 108 valence electrons. The van der Waals surface area contributed by atoms with Crippen LogP contribution in [0.4, 0.5) is 0 Å². The van der Waals surface area contributed by atoms with Gasteiger partial charge in [0.15, 0.2) is 0 Å². The molecule has 5 nitrogen and oxygen atoms in total. The summed E-state index contributed by atoms with van der Waals surface area (Å²) in [5.74, 6) is -0.151. The van der Waals surface area contributed by atoms with E-state index in [1.165, 1.54) is 11.1 Å². The maximum atomic E-state index is 12.5. The Labute approximate surface area is 119 Å². The lowest BCUT2D eigenvalue weighted by molar-refractivity contribution is -0.137. The van der Waals surface area contributed by atoms with Crippen LogP contribution in [0, 0.1) is 0 Å². The molecule has 2 amide bonds. The molecule has 2 N–H and O–H groups in total. The SMILES string of the molecule is CCN(CC(=O)NC)C(=O)[C@@H]1Cc2ccccc2CN1. The van der Waals surface area contributed by atoms with Crippen molar-refractivity contribution in [2.24, 2.45) is 0 Å². The minimum Gasteiger partial charge on any atom is -0.358 e. The molecule has 0 radical (unpaired) electrons. The Morgan fingerprint density at radius 3 is 2.70 bits per heavy atom. The first-order valence-electron chi connectivity index (χ1n) is 6.95. The van der Waals surface area contributed by atoms with E-state index in [4.69, 9.17) is 0 Å². The van der Waals surface area contributed by atoms with Crippen LogP contribution in [0.3, 0.4) is 0 Å². The Balaban J connectivity index is 2.04. The molecule has 5 heteroatoms. The van der Waals surface area contributed by atoms with Crippen molar-refractivity contribution in [3.8, 4) is 0 Å². The molecule has 0 aromatic heterocycles. The molecule has 1 aliphatic heterocycles. The van der Waals surface area contributed by atoms with Crippen LogP contribution >= 0.6 is 0 Å². The Bertz CT molecular complexity index is 502. The monoisotopic (exact) mass is 275 g/mol. The van der Waals surface area contributed by atoms with E-state index in [9.17, 15) is 9.59 Å². The van der Waals surface area contributed by atoms with Crippen molar-refractivity contribution in [3.05, 3.63) is 35.4 Å². The predicted molar refractivity (Wildman–Crippen MR) is 77.1 cm³/mol. The Morgan fingerprint density at radius 1 is 1.35 bits per heavy atom. The van der Waals surface area contributed by atoms with Crippen LogP contribution in [0.2, 0.25) is 0 Å². The van der Waals surface area contributed by atoms with Gasteiger partial charge in [-0.1, -0.05) is 24.3 Å². The predicted octanol–water partition coefficient (Wildman–Crippen LogP) is 0.295. The Kier molecular flexibility index (Phi) is 4.74. The fraction of sp³-hybridized carbons (Fsp3) is 0.467. The molecule has 2 rings (SSSR count). The molecule has 0 aliphatic carbocycles. The summed E-state index contributed by atoms with van der Waals surface area (Å²) in [6.45, 7) is 3.24. The first-order chi connectivity index (χ1) is 9.65. The number of hydrogen-bond acceptors (Lipinski definition) is 3. The number of hydrogen-bond donors (Lipinski definition) is 2. The molecule has 1 aromatic rings. The number of carbonyl (C=O) groups is 2. The number of nitrogens with zero attached hydrogens (tertiary/aromatic N) is 1. The molecule has 20 heavy (non-hydrogen) atoms. The van der Waals surface area contributed by atoms with Crippen molar-refractivity contribution in [2.75, 3.05) is 20.1 Å². The highest BCUT2D eigenvalue weighted by molar-refractivity contribution is 5.87. The van der Waals surface area contributed by atoms with Gasteiger partial charge >= 0.3 is 0 Å². The molecule has 0 fully saturated rings. The van der Waals surface area contributed by atoms with Crippen molar-refractivity contribution in [2.45, 2.75) is 25.9 Å². The zero-order valence-corrected chi connectivity index (χ0v) is 12.0. The average Bonchev–Trinajstić information content (AvgIpc) is 2.51. The molecule has 0 saturated carbocycles. The van der Waals surface area contributed by atoms with Crippen LogP contribution < -0.4 is 10.6 Å². The molecule has 1 atom stereocenters. The zero-order valence-electron chi connectivity index (χ0n) is 12.0. The van der Waals surface area contributed by atoms with Crippen LogP contribution in [0.25, 0.3) is 0 Å². The third-order valence-corrected chi connectivity index (χ3v) is 3.69. The van der Waals surface area contributed by atoms with E-state index in [-0.39, 0.29) is 24.4 Å². The normalized spacial score (nSPS) is 17.2. The Morgan fingerprint density at radius 2 is 2.05 bits per heavy atom. The fourth-order valence-electron chi connectivity index (χ4n) is 2.45. The van der Waals surface area contributed by atoms with Crippen molar-refractivity contribution < 1.29 is 9.59 Å². The molecule has 0 bridgehead atoms. The van der Waals surface area contributed by atoms with Crippen LogP contribution in [-0.4, -0.2) is 42.9 Å². The second kappa shape index (κ2) is 6.52. The van der Waals surface area contributed by atoms with Gasteiger partial charge in [0.2, 0.25) is 11.8 Å². The highest BCUT2D eigenvalue weighted by Crippen LogP contribution is 2.17. The number of carbonyl (C=O) groups excluding carboxylic acids is 2. The number of amides is 2. The van der Waals surface area contributed by atoms with E-state index in [1.807, 2.05) is 19.1 Å². The molecular formula is C15H21N3O2. The summed E-state index contributed by atoms with van der Waals surface area (Å²) in [5.41, 5.74) is 2.45. The first kappa shape index (κ1) is 14.5. The van der Waals surface area contributed by atoms with E-state index in [0.717, 1.165) is 0 Å². The smallest absolute Gasteiger partial charge is 0.240 e. The lowest BCUT2D eigenvalue weighted by Gasteiger charge is -2.30. The molecule has 1 heterocycles. The number of rotatable bonds is 4. The van der Waals surface area contributed by atoms with Gasteiger partial charge in [-0.05, 0) is 24.5 Å². The third kappa shape index (κ3) is 3.17. The van der Waals surface area contributed by atoms with Gasteiger partial charge in [0.1, 0.15) is 0 Å². The van der Waals surface area contributed by atoms with Gasteiger partial charge in [0.05, 0.1) is 12.6 Å². The lowest BCUT2D eigenvalue weighted by Crippen LogP contribution is -2.51. The van der Waals surface area contributed by atoms with Gasteiger partial charge in [-0.3, -0.25) is 9.59 Å². The third-order valence-electron chi connectivity index (χ3n) is 3.69. The standard InChI is InChI=1S/C15H21N3O2/c1-3-18(10-14(19)16-2)15(20)13-8-11-6-4-5-7-12(11)9-17-13/h4-7,13,17H,3,8-10H2,1-2H3,(H,16,19)/t13-/m0/s1. The van der Waals surface area contributed by atoms with Crippen LogP contribution in [0.5, 0.6) is 0 Å². The highest BCUT2D eigenvalue weighted by Gasteiger charge is 2.27. The van der Waals surface area contributed by atoms with E-state index < -0.39 is 0 Å². The van der Waals surface area contributed by atoms with Gasteiger partial charge in [-0.2, -0.15) is 0 Å². The van der Waals surface area contributed by atoms with Crippen molar-refractivity contribution in [1.29, 1.82) is 0 Å². The fourth-order valence-corrected chi connectivity index (χ4v) is 2.45. The summed E-state index contributed by atoms with van der Waals surface area (Å²) in [5, 5.41) is 5.81. The first-order valence-corrected chi connectivity index (χ1v) is 6.95. The number of fused-ring (bicyclic) bond motifs is 1.